The van der Waals surface area contributed by atoms with Gasteiger partial charge < -0.3 is 4.90 Å². The summed E-state index contributed by atoms with van der Waals surface area (Å²) in [7, 11) is 1.28. The van der Waals surface area contributed by atoms with E-state index in [-0.39, 0.29) is 26.4 Å². The molecule has 4 nitrogen and oxygen atoms in total. The summed E-state index contributed by atoms with van der Waals surface area (Å²) in [6.07, 6.45) is 1.91. The first-order chi connectivity index (χ1) is 9.75. The van der Waals surface area contributed by atoms with Crippen molar-refractivity contribution in [3.8, 4) is 0 Å². The molecule has 2 rings (SSSR count). The Bertz CT molecular complexity index is 675. The lowest BCUT2D eigenvalue weighted by atomic mass is 10.1. The number of likely N-dealkylation sites (tertiary alicyclic amines) is 1. The minimum absolute atomic E-state index is 0.00295. The number of carbonyl (C=O) groups excluding carboxylic acids is 1. The van der Waals surface area contributed by atoms with Gasteiger partial charge in [-0.1, -0.05) is 36.5 Å². The average molecular weight is 371 g/mol. The van der Waals surface area contributed by atoms with Crippen LogP contribution in [0.15, 0.2) is 17.0 Å². The first-order valence-corrected chi connectivity index (χ1v) is 9.54. The van der Waals surface area contributed by atoms with Gasteiger partial charge in [0.2, 0.25) is 0 Å². The number of nitrogens with zero attached hydrogens (tertiary/aromatic N) is 1. The summed E-state index contributed by atoms with van der Waals surface area (Å²) in [6.45, 7) is 3.31. The van der Waals surface area contributed by atoms with Gasteiger partial charge in [-0.15, -0.1) is 0 Å². The van der Waals surface area contributed by atoms with E-state index in [1.807, 2.05) is 0 Å². The molecular formula is C13H14Cl3NO3S. The molecule has 1 fully saturated rings. The van der Waals surface area contributed by atoms with Crippen LogP contribution in [0, 0.1) is 5.92 Å². The zero-order valence-electron chi connectivity index (χ0n) is 11.3. The molecule has 0 radical (unpaired) electrons. The molecule has 0 spiro atoms. The summed E-state index contributed by atoms with van der Waals surface area (Å²) in [6, 6.07) is 2.52. The van der Waals surface area contributed by atoms with Crippen molar-refractivity contribution in [2.24, 2.45) is 5.92 Å². The minimum Gasteiger partial charge on any atom is -0.338 e. The summed E-state index contributed by atoms with van der Waals surface area (Å²) in [5, 5.41) is -0.100. The van der Waals surface area contributed by atoms with Crippen LogP contribution in [0.2, 0.25) is 10.0 Å². The number of rotatable bonds is 3. The van der Waals surface area contributed by atoms with Crippen molar-refractivity contribution in [3.05, 3.63) is 27.7 Å². The highest BCUT2D eigenvalue weighted by atomic mass is 35.7. The van der Waals surface area contributed by atoms with Crippen molar-refractivity contribution in [2.75, 3.05) is 13.1 Å². The number of hydrogen-bond acceptors (Lipinski definition) is 3. The third-order valence-corrected chi connectivity index (χ3v) is 5.87. The molecule has 1 atom stereocenters. The predicted octanol–water partition coefficient (Wildman–Crippen LogP) is 3.79. The second kappa shape index (κ2) is 6.32. The van der Waals surface area contributed by atoms with Crippen LogP contribution in [0.3, 0.4) is 0 Å². The molecule has 0 bridgehead atoms. The van der Waals surface area contributed by atoms with Crippen LogP contribution in [0.1, 0.15) is 30.1 Å². The lowest BCUT2D eigenvalue weighted by Gasteiger charge is -2.18. The molecule has 1 saturated heterocycles. The average Bonchev–Trinajstić information content (AvgIpc) is 2.85. The first kappa shape index (κ1) is 16.9. The SMILES string of the molecule is CCC1CCN(C(=O)c2c(Cl)ccc(S(=O)(=O)Cl)c2Cl)C1. The van der Waals surface area contributed by atoms with Crippen molar-refractivity contribution in [1.82, 2.24) is 4.90 Å². The standard InChI is InChI=1S/C13H14Cl3NO3S/c1-2-8-5-6-17(7-8)13(18)11-9(14)3-4-10(12(11)15)21(16,19)20/h3-4,8H,2,5-7H2,1H3. The molecule has 21 heavy (non-hydrogen) atoms. The van der Waals surface area contributed by atoms with Crippen LogP contribution in [-0.2, 0) is 9.05 Å². The highest BCUT2D eigenvalue weighted by Crippen LogP contribution is 2.34. The van der Waals surface area contributed by atoms with Crippen LogP contribution < -0.4 is 0 Å². The summed E-state index contributed by atoms with van der Waals surface area (Å²) in [5.74, 6) is 0.0922. The van der Waals surface area contributed by atoms with Gasteiger partial charge in [0.05, 0.1) is 15.6 Å². The molecule has 1 heterocycles. The Balaban J connectivity index is 2.42. The number of halogens is 3. The largest absolute Gasteiger partial charge is 0.338 e. The fraction of sp³-hybridized carbons (Fsp3) is 0.462. The number of carbonyl (C=O) groups is 1. The Hall–Kier alpha value is -0.490. The first-order valence-electron chi connectivity index (χ1n) is 6.47. The normalized spacial score (nSPS) is 19.0. The van der Waals surface area contributed by atoms with E-state index >= 15 is 0 Å². The van der Waals surface area contributed by atoms with Gasteiger partial charge in [0.1, 0.15) is 4.90 Å². The van der Waals surface area contributed by atoms with Crippen molar-refractivity contribution in [2.45, 2.75) is 24.7 Å². The highest BCUT2D eigenvalue weighted by molar-refractivity contribution is 8.13. The fourth-order valence-electron chi connectivity index (χ4n) is 2.43. The molecule has 1 aliphatic heterocycles. The maximum absolute atomic E-state index is 12.5. The molecule has 0 N–H and O–H groups in total. The second-order valence-electron chi connectivity index (χ2n) is 4.99. The smallest absolute Gasteiger partial charge is 0.262 e. The minimum atomic E-state index is -4.03. The summed E-state index contributed by atoms with van der Waals surface area (Å²) in [4.78, 5) is 13.9. The molecule has 0 aromatic heterocycles. The monoisotopic (exact) mass is 369 g/mol. The van der Waals surface area contributed by atoms with E-state index in [1.165, 1.54) is 12.1 Å². The van der Waals surface area contributed by atoms with Gasteiger partial charge >= 0.3 is 0 Å². The topological polar surface area (TPSA) is 54.5 Å². The highest BCUT2D eigenvalue weighted by Gasteiger charge is 2.30. The zero-order valence-corrected chi connectivity index (χ0v) is 14.4. The van der Waals surface area contributed by atoms with Crippen LogP contribution in [-0.4, -0.2) is 32.3 Å². The number of amides is 1. The molecule has 1 amide bonds. The van der Waals surface area contributed by atoms with Crippen LogP contribution in [0.4, 0.5) is 0 Å². The van der Waals surface area contributed by atoms with E-state index in [1.54, 1.807) is 4.90 Å². The third-order valence-electron chi connectivity index (χ3n) is 3.68. The lowest BCUT2D eigenvalue weighted by molar-refractivity contribution is 0.0787. The Morgan fingerprint density at radius 1 is 1.38 bits per heavy atom. The van der Waals surface area contributed by atoms with E-state index in [0.717, 1.165) is 12.8 Å². The molecule has 0 aliphatic carbocycles. The van der Waals surface area contributed by atoms with Gasteiger partial charge in [-0.25, -0.2) is 8.42 Å². The maximum atomic E-state index is 12.5. The van der Waals surface area contributed by atoms with Crippen LogP contribution >= 0.6 is 33.9 Å². The van der Waals surface area contributed by atoms with E-state index in [4.69, 9.17) is 33.9 Å². The van der Waals surface area contributed by atoms with Crippen molar-refractivity contribution >= 4 is 48.8 Å². The maximum Gasteiger partial charge on any atom is 0.262 e. The zero-order chi connectivity index (χ0) is 15.8. The van der Waals surface area contributed by atoms with Crippen LogP contribution in [0.5, 0.6) is 0 Å². The molecular weight excluding hydrogens is 357 g/mol. The molecule has 1 unspecified atom stereocenters. The van der Waals surface area contributed by atoms with Crippen LogP contribution in [0.25, 0.3) is 0 Å². The molecule has 116 valence electrons. The Morgan fingerprint density at radius 3 is 2.57 bits per heavy atom. The fourth-order valence-corrected chi connectivity index (χ4v) is 4.31. The Morgan fingerprint density at radius 2 is 2.05 bits per heavy atom. The summed E-state index contributed by atoms with van der Waals surface area (Å²) >= 11 is 12.1. The van der Waals surface area contributed by atoms with Gasteiger partial charge in [-0.05, 0) is 24.5 Å². The van der Waals surface area contributed by atoms with E-state index in [9.17, 15) is 13.2 Å². The van der Waals surface area contributed by atoms with E-state index in [0.29, 0.717) is 19.0 Å². The Labute approximate surface area is 138 Å². The molecule has 1 aromatic carbocycles. The van der Waals surface area contributed by atoms with Crippen molar-refractivity contribution < 1.29 is 13.2 Å². The van der Waals surface area contributed by atoms with Gasteiger partial charge in [0, 0.05) is 23.8 Å². The van der Waals surface area contributed by atoms with E-state index in [2.05, 4.69) is 6.92 Å². The summed E-state index contributed by atoms with van der Waals surface area (Å²) < 4.78 is 22.9. The molecule has 1 aromatic rings. The third kappa shape index (κ3) is 3.47. The molecule has 0 saturated carbocycles. The summed E-state index contributed by atoms with van der Waals surface area (Å²) in [5.41, 5.74) is -0.00295. The van der Waals surface area contributed by atoms with E-state index < -0.39 is 9.05 Å². The van der Waals surface area contributed by atoms with Crippen molar-refractivity contribution in [1.29, 1.82) is 0 Å². The van der Waals surface area contributed by atoms with Gasteiger partial charge in [0.15, 0.2) is 0 Å². The van der Waals surface area contributed by atoms with Gasteiger partial charge in [0.25, 0.3) is 15.0 Å². The van der Waals surface area contributed by atoms with Crippen molar-refractivity contribution in [3.63, 3.8) is 0 Å². The quantitative estimate of drug-likeness (QED) is 0.761. The number of hydrogen-bond donors (Lipinski definition) is 0. The number of benzene rings is 1. The lowest BCUT2D eigenvalue weighted by Crippen LogP contribution is -2.29. The predicted molar refractivity (Wildman–Crippen MR) is 83.8 cm³/mol. The second-order valence-corrected chi connectivity index (χ2v) is 8.31. The molecule has 8 heteroatoms. The van der Waals surface area contributed by atoms with Gasteiger partial charge in [-0.2, -0.15) is 0 Å². The van der Waals surface area contributed by atoms with Gasteiger partial charge in [-0.3, -0.25) is 4.79 Å². The molecule has 1 aliphatic rings. The Kier molecular flexibility index (Phi) is 5.08.